The van der Waals surface area contributed by atoms with Crippen LogP contribution in [0.3, 0.4) is 0 Å². The summed E-state index contributed by atoms with van der Waals surface area (Å²) in [6.45, 7) is 0. The molecule has 2 aromatic rings. The Kier molecular flexibility index (Phi) is 3.29. The Labute approximate surface area is 104 Å². The largest absolute Gasteiger partial charge is 0.370 e. The van der Waals surface area contributed by atoms with Gasteiger partial charge in [-0.2, -0.15) is 4.99 Å². The number of carbonyl (C=O) groups excluding carboxylic acids is 1. The lowest BCUT2D eigenvalue weighted by Gasteiger charge is -2.06. The van der Waals surface area contributed by atoms with Crippen molar-refractivity contribution in [3.63, 3.8) is 0 Å². The SMILES string of the molecule is NC(N)=NC(=O)C(N)Cc1c[nH]c2ccccc12. The molecule has 0 saturated heterocycles. The number of amides is 1. The number of aromatic amines is 1. The number of nitrogens with one attached hydrogen (secondary N) is 1. The molecular weight excluding hydrogens is 230 g/mol. The van der Waals surface area contributed by atoms with Crippen molar-refractivity contribution in [3.05, 3.63) is 36.0 Å². The Morgan fingerprint density at radius 2 is 2.06 bits per heavy atom. The fourth-order valence-electron chi connectivity index (χ4n) is 1.83. The quantitative estimate of drug-likeness (QED) is 0.443. The van der Waals surface area contributed by atoms with Crippen LogP contribution in [0.15, 0.2) is 35.5 Å². The highest BCUT2D eigenvalue weighted by Gasteiger charge is 2.15. The van der Waals surface area contributed by atoms with E-state index in [-0.39, 0.29) is 5.96 Å². The molecule has 18 heavy (non-hydrogen) atoms. The molecule has 1 atom stereocenters. The number of hydrogen-bond acceptors (Lipinski definition) is 2. The molecule has 0 aliphatic rings. The van der Waals surface area contributed by atoms with Gasteiger partial charge in [-0.3, -0.25) is 4.79 Å². The monoisotopic (exact) mass is 245 g/mol. The van der Waals surface area contributed by atoms with Crippen LogP contribution in [0.4, 0.5) is 0 Å². The molecule has 0 fully saturated rings. The van der Waals surface area contributed by atoms with Gasteiger partial charge < -0.3 is 22.2 Å². The maximum absolute atomic E-state index is 11.5. The third-order valence-electron chi connectivity index (χ3n) is 2.67. The molecule has 1 aromatic carbocycles. The summed E-state index contributed by atoms with van der Waals surface area (Å²) in [5.74, 6) is -0.783. The van der Waals surface area contributed by atoms with Gasteiger partial charge in [-0.1, -0.05) is 18.2 Å². The second-order valence-electron chi connectivity index (χ2n) is 4.05. The first-order chi connectivity index (χ1) is 8.58. The lowest BCUT2D eigenvalue weighted by Crippen LogP contribution is -2.34. The Bertz CT molecular complexity index is 597. The molecule has 0 radical (unpaired) electrons. The molecule has 94 valence electrons. The summed E-state index contributed by atoms with van der Waals surface area (Å²) in [4.78, 5) is 18.1. The van der Waals surface area contributed by atoms with Crippen LogP contribution in [-0.4, -0.2) is 22.9 Å². The lowest BCUT2D eigenvalue weighted by molar-refractivity contribution is -0.118. The highest BCUT2D eigenvalue weighted by molar-refractivity contribution is 5.94. The normalized spacial score (nSPS) is 12.3. The number of aromatic nitrogens is 1. The molecule has 1 aromatic heterocycles. The van der Waals surface area contributed by atoms with Gasteiger partial charge in [-0.25, -0.2) is 0 Å². The number of hydrogen-bond donors (Lipinski definition) is 4. The van der Waals surface area contributed by atoms with Crippen LogP contribution in [0.25, 0.3) is 10.9 Å². The van der Waals surface area contributed by atoms with Gasteiger partial charge in [0.05, 0.1) is 6.04 Å². The molecule has 6 nitrogen and oxygen atoms in total. The number of carbonyl (C=O) groups is 1. The third kappa shape index (κ3) is 2.49. The average Bonchev–Trinajstić information content (AvgIpc) is 2.72. The van der Waals surface area contributed by atoms with E-state index in [1.54, 1.807) is 0 Å². The van der Waals surface area contributed by atoms with Crippen LogP contribution in [0, 0.1) is 0 Å². The minimum Gasteiger partial charge on any atom is -0.370 e. The Hall–Kier alpha value is -2.34. The zero-order chi connectivity index (χ0) is 13.1. The summed E-state index contributed by atoms with van der Waals surface area (Å²) in [5, 5.41) is 1.05. The van der Waals surface area contributed by atoms with Crippen molar-refractivity contribution < 1.29 is 4.79 Å². The molecule has 0 aliphatic heterocycles. The van der Waals surface area contributed by atoms with Crippen molar-refractivity contribution in [1.29, 1.82) is 0 Å². The molecule has 1 heterocycles. The summed E-state index contributed by atoms with van der Waals surface area (Å²) in [7, 11) is 0. The molecule has 1 amide bonds. The Morgan fingerprint density at radius 1 is 1.33 bits per heavy atom. The highest BCUT2D eigenvalue weighted by Crippen LogP contribution is 2.18. The Balaban J connectivity index is 2.19. The summed E-state index contributed by atoms with van der Waals surface area (Å²) in [6, 6.07) is 7.06. The smallest absolute Gasteiger partial charge is 0.266 e. The van der Waals surface area contributed by atoms with Gasteiger partial charge in [0.15, 0.2) is 5.96 Å². The van der Waals surface area contributed by atoms with Crippen LogP contribution < -0.4 is 17.2 Å². The molecule has 0 saturated carbocycles. The fraction of sp³-hybridized carbons (Fsp3) is 0.167. The number of H-pyrrole nitrogens is 1. The number of aliphatic imine (C=N–C) groups is 1. The maximum atomic E-state index is 11.5. The molecule has 6 heteroatoms. The standard InChI is InChI=1S/C12H15N5O/c13-9(11(18)17-12(14)15)5-7-6-16-10-4-2-1-3-8(7)10/h1-4,6,9,16H,5,13H2,(H4,14,15,17,18). The second-order valence-corrected chi connectivity index (χ2v) is 4.05. The van der Waals surface area contributed by atoms with E-state index in [2.05, 4.69) is 9.98 Å². The molecule has 0 bridgehead atoms. The number of guanidine groups is 1. The molecular formula is C12H15N5O. The first kappa shape index (κ1) is 12.1. The van der Waals surface area contributed by atoms with Crippen LogP contribution in [0.2, 0.25) is 0 Å². The van der Waals surface area contributed by atoms with E-state index in [1.807, 2.05) is 30.5 Å². The van der Waals surface area contributed by atoms with Crippen molar-refractivity contribution in [1.82, 2.24) is 4.98 Å². The van der Waals surface area contributed by atoms with Gasteiger partial charge in [0.2, 0.25) is 0 Å². The molecule has 0 aliphatic carbocycles. The van der Waals surface area contributed by atoms with Crippen molar-refractivity contribution in [3.8, 4) is 0 Å². The molecule has 7 N–H and O–H groups in total. The maximum Gasteiger partial charge on any atom is 0.266 e. The fourth-order valence-corrected chi connectivity index (χ4v) is 1.83. The summed E-state index contributed by atoms with van der Waals surface area (Å²) >= 11 is 0. The van der Waals surface area contributed by atoms with E-state index in [0.29, 0.717) is 6.42 Å². The zero-order valence-electron chi connectivity index (χ0n) is 9.76. The minimum atomic E-state index is -0.744. The van der Waals surface area contributed by atoms with E-state index in [1.165, 1.54) is 0 Å². The second kappa shape index (κ2) is 4.89. The Morgan fingerprint density at radius 3 is 2.78 bits per heavy atom. The zero-order valence-corrected chi connectivity index (χ0v) is 9.76. The number of nitrogens with two attached hydrogens (primary N) is 3. The first-order valence-corrected chi connectivity index (χ1v) is 5.52. The number of para-hydroxylation sites is 1. The van der Waals surface area contributed by atoms with Crippen molar-refractivity contribution in [2.75, 3.05) is 0 Å². The predicted molar refractivity (Wildman–Crippen MR) is 70.8 cm³/mol. The van der Waals surface area contributed by atoms with Gasteiger partial charge in [0.25, 0.3) is 5.91 Å². The lowest BCUT2D eigenvalue weighted by atomic mass is 10.1. The predicted octanol–water partition coefficient (Wildman–Crippen LogP) is -0.162. The number of rotatable bonds is 3. The average molecular weight is 245 g/mol. The van der Waals surface area contributed by atoms with E-state index in [9.17, 15) is 4.79 Å². The van der Waals surface area contributed by atoms with E-state index in [0.717, 1.165) is 16.5 Å². The highest BCUT2D eigenvalue weighted by atomic mass is 16.1. The van der Waals surface area contributed by atoms with Crippen LogP contribution in [-0.2, 0) is 11.2 Å². The molecule has 2 rings (SSSR count). The summed E-state index contributed by atoms with van der Waals surface area (Å²) < 4.78 is 0. The molecule has 0 spiro atoms. The van der Waals surface area contributed by atoms with Crippen LogP contribution in [0.5, 0.6) is 0 Å². The number of nitrogens with zero attached hydrogens (tertiary/aromatic N) is 1. The van der Waals surface area contributed by atoms with Gasteiger partial charge in [0.1, 0.15) is 0 Å². The topological polar surface area (TPSA) is 123 Å². The van der Waals surface area contributed by atoms with E-state index >= 15 is 0 Å². The first-order valence-electron chi connectivity index (χ1n) is 5.52. The third-order valence-corrected chi connectivity index (χ3v) is 2.67. The van der Waals surface area contributed by atoms with Gasteiger partial charge in [-0.15, -0.1) is 0 Å². The van der Waals surface area contributed by atoms with Crippen molar-refractivity contribution in [2.24, 2.45) is 22.2 Å². The number of fused-ring (bicyclic) bond motifs is 1. The van der Waals surface area contributed by atoms with Gasteiger partial charge >= 0.3 is 0 Å². The van der Waals surface area contributed by atoms with Gasteiger partial charge in [-0.05, 0) is 18.1 Å². The van der Waals surface area contributed by atoms with E-state index in [4.69, 9.17) is 17.2 Å². The van der Waals surface area contributed by atoms with Gasteiger partial charge in [0, 0.05) is 17.1 Å². The molecule has 1 unspecified atom stereocenters. The van der Waals surface area contributed by atoms with Crippen molar-refractivity contribution >= 4 is 22.8 Å². The van der Waals surface area contributed by atoms with Crippen LogP contribution >= 0.6 is 0 Å². The summed E-state index contributed by atoms with van der Waals surface area (Å²) in [6.07, 6.45) is 2.23. The number of benzene rings is 1. The minimum absolute atomic E-state index is 0.269. The summed E-state index contributed by atoms with van der Waals surface area (Å²) in [5.41, 5.74) is 18.0. The van der Waals surface area contributed by atoms with Crippen LogP contribution in [0.1, 0.15) is 5.56 Å². The van der Waals surface area contributed by atoms with Crippen molar-refractivity contribution in [2.45, 2.75) is 12.5 Å². The van der Waals surface area contributed by atoms with E-state index < -0.39 is 11.9 Å².